The second-order valence-corrected chi connectivity index (χ2v) is 8.06. The Morgan fingerprint density at radius 1 is 1.33 bits per heavy atom. The van der Waals surface area contributed by atoms with Gasteiger partial charge in [-0.15, -0.1) is 11.3 Å². The van der Waals surface area contributed by atoms with Gasteiger partial charge in [-0.1, -0.05) is 37.6 Å². The molecule has 2 aromatic rings. The quantitative estimate of drug-likeness (QED) is 0.598. The zero-order valence-electron chi connectivity index (χ0n) is 14.7. The fourth-order valence-corrected chi connectivity index (χ4v) is 3.18. The largest absolute Gasteiger partial charge is 0.357 e. The summed E-state index contributed by atoms with van der Waals surface area (Å²) < 4.78 is 0. The van der Waals surface area contributed by atoms with Gasteiger partial charge in [-0.25, -0.2) is 9.98 Å². The molecule has 0 aliphatic carbocycles. The van der Waals surface area contributed by atoms with Crippen molar-refractivity contribution in [3.63, 3.8) is 0 Å². The molecular formula is C18H25ClN4S. The average molecular weight is 365 g/mol. The van der Waals surface area contributed by atoms with Gasteiger partial charge in [0.25, 0.3) is 0 Å². The lowest BCUT2D eigenvalue weighted by atomic mass is 9.84. The molecule has 1 aromatic heterocycles. The Labute approximate surface area is 153 Å². The van der Waals surface area contributed by atoms with E-state index in [-0.39, 0.29) is 5.41 Å². The summed E-state index contributed by atoms with van der Waals surface area (Å²) in [7, 11) is 0. The molecule has 0 amide bonds. The second kappa shape index (κ2) is 8.49. The van der Waals surface area contributed by atoms with Gasteiger partial charge < -0.3 is 10.6 Å². The minimum atomic E-state index is -0.0567. The molecule has 0 aliphatic heterocycles. The molecule has 0 saturated carbocycles. The zero-order chi connectivity index (χ0) is 17.6. The highest BCUT2D eigenvalue weighted by atomic mass is 35.5. The summed E-state index contributed by atoms with van der Waals surface area (Å²) >= 11 is 7.80. The van der Waals surface area contributed by atoms with Crippen molar-refractivity contribution in [3.8, 4) is 0 Å². The third-order valence-electron chi connectivity index (χ3n) is 3.69. The number of thiazole rings is 1. The molecule has 1 aromatic carbocycles. The van der Waals surface area contributed by atoms with E-state index in [0.29, 0.717) is 6.54 Å². The van der Waals surface area contributed by atoms with E-state index in [1.54, 1.807) is 11.3 Å². The fraction of sp³-hybridized carbons (Fsp3) is 0.444. The number of guanidine groups is 1. The van der Waals surface area contributed by atoms with Crippen molar-refractivity contribution in [1.82, 2.24) is 15.6 Å². The number of halogens is 1. The molecular weight excluding hydrogens is 340 g/mol. The van der Waals surface area contributed by atoms with Crippen molar-refractivity contribution in [2.45, 2.75) is 39.7 Å². The number of aryl methyl sites for hydroxylation is 1. The van der Waals surface area contributed by atoms with Crippen molar-refractivity contribution in [3.05, 3.63) is 50.9 Å². The van der Waals surface area contributed by atoms with Crippen molar-refractivity contribution >= 4 is 28.9 Å². The van der Waals surface area contributed by atoms with Crippen LogP contribution in [-0.4, -0.2) is 24.0 Å². The third-order valence-corrected chi connectivity index (χ3v) is 4.82. The molecule has 0 unspecified atom stereocenters. The summed E-state index contributed by atoms with van der Waals surface area (Å²) in [4.78, 5) is 10.2. The number of hydrogen-bond donors (Lipinski definition) is 2. The van der Waals surface area contributed by atoms with E-state index in [9.17, 15) is 0 Å². The number of benzene rings is 1. The van der Waals surface area contributed by atoms with Crippen LogP contribution < -0.4 is 10.6 Å². The van der Waals surface area contributed by atoms with E-state index in [4.69, 9.17) is 11.6 Å². The number of nitrogens with one attached hydrogen (secondary N) is 2. The summed E-state index contributed by atoms with van der Waals surface area (Å²) in [5, 5.41) is 8.50. The molecule has 0 aliphatic rings. The normalized spacial score (nSPS) is 12.3. The molecule has 4 nitrogen and oxygen atoms in total. The zero-order valence-corrected chi connectivity index (χ0v) is 16.3. The van der Waals surface area contributed by atoms with Crippen molar-refractivity contribution < 1.29 is 0 Å². The summed E-state index contributed by atoms with van der Waals surface area (Å²) in [5.74, 6) is 0.806. The lowest BCUT2D eigenvalue weighted by Gasteiger charge is -2.27. The van der Waals surface area contributed by atoms with Gasteiger partial charge in [0.15, 0.2) is 5.96 Å². The Hall–Kier alpha value is -1.59. The molecule has 130 valence electrons. The monoisotopic (exact) mass is 364 g/mol. The first kappa shape index (κ1) is 18.7. The van der Waals surface area contributed by atoms with Gasteiger partial charge >= 0.3 is 0 Å². The minimum Gasteiger partial charge on any atom is -0.357 e. The molecule has 1 heterocycles. The number of aromatic nitrogens is 1. The van der Waals surface area contributed by atoms with Crippen LogP contribution in [-0.2, 0) is 12.0 Å². The van der Waals surface area contributed by atoms with Crippen LogP contribution in [0.4, 0.5) is 0 Å². The predicted molar refractivity (Wildman–Crippen MR) is 104 cm³/mol. The first-order valence-electron chi connectivity index (χ1n) is 8.10. The predicted octanol–water partition coefficient (Wildman–Crippen LogP) is 4.14. The van der Waals surface area contributed by atoms with Crippen molar-refractivity contribution in [2.24, 2.45) is 4.99 Å². The van der Waals surface area contributed by atoms with Gasteiger partial charge in [0.2, 0.25) is 0 Å². The van der Waals surface area contributed by atoms with Crippen LogP contribution in [0.1, 0.15) is 36.2 Å². The van der Waals surface area contributed by atoms with Crippen LogP contribution in [0.2, 0.25) is 5.02 Å². The first-order chi connectivity index (χ1) is 11.4. The van der Waals surface area contributed by atoms with Gasteiger partial charge in [0.1, 0.15) is 5.01 Å². The Balaban J connectivity index is 2.01. The van der Waals surface area contributed by atoms with E-state index in [0.717, 1.165) is 29.1 Å². The molecule has 0 bridgehead atoms. The van der Waals surface area contributed by atoms with Crippen LogP contribution in [0.15, 0.2) is 35.5 Å². The Morgan fingerprint density at radius 3 is 2.75 bits per heavy atom. The van der Waals surface area contributed by atoms with Crippen molar-refractivity contribution in [1.29, 1.82) is 0 Å². The van der Waals surface area contributed by atoms with Crippen LogP contribution in [0.5, 0.6) is 0 Å². The molecule has 6 heteroatoms. The van der Waals surface area contributed by atoms with Crippen LogP contribution in [0.3, 0.4) is 0 Å². The number of aliphatic imine (C=N–C) groups is 1. The van der Waals surface area contributed by atoms with Crippen LogP contribution in [0.25, 0.3) is 0 Å². The Kier molecular flexibility index (Phi) is 6.63. The maximum atomic E-state index is 6.12. The lowest BCUT2D eigenvalue weighted by molar-refractivity contribution is 0.508. The molecule has 0 fully saturated rings. The van der Waals surface area contributed by atoms with Gasteiger partial charge in [0.05, 0.1) is 6.54 Å². The van der Waals surface area contributed by atoms with E-state index in [1.165, 1.54) is 10.4 Å². The van der Waals surface area contributed by atoms with Crippen molar-refractivity contribution in [2.75, 3.05) is 13.1 Å². The van der Waals surface area contributed by atoms with Crippen LogP contribution >= 0.6 is 22.9 Å². The summed E-state index contributed by atoms with van der Waals surface area (Å²) in [5.41, 5.74) is 1.15. The van der Waals surface area contributed by atoms with Gasteiger partial charge in [-0.2, -0.15) is 0 Å². The minimum absolute atomic E-state index is 0.0567. The fourth-order valence-electron chi connectivity index (χ4n) is 2.28. The molecule has 2 N–H and O–H groups in total. The smallest absolute Gasteiger partial charge is 0.191 e. The number of nitrogens with zero attached hydrogens (tertiary/aromatic N) is 2. The molecule has 0 spiro atoms. The summed E-state index contributed by atoms with van der Waals surface area (Å²) in [6.07, 6.45) is 1.89. The Morgan fingerprint density at radius 2 is 2.12 bits per heavy atom. The highest BCUT2D eigenvalue weighted by Gasteiger charge is 2.21. The number of rotatable bonds is 6. The summed E-state index contributed by atoms with van der Waals surface area (Å²) in [6.45, 7) is 10.7. The maximum absolute atomic E-state index is 6.12. The molecule has 0 atom stereocenters. The highest BCUT2D eigenvalue weighted by molar-refractivity contribution is 7.11. The first-order valence-corrected chi connectivity index (χ1v) is 9.29. The van der Waals surface area contributed by atoms with E-state index >= 15 is 0 Å². The van der Waals surface area contributed by atoms with Gasteiger partial charge in [0, 0.05) is 34.6 Å². The number of hydrogen-bond acceptors (Lipinski definition) is 3. The lowest BCUT2D eigenvalue weighted by Crippen LogP contribution is -2.43. The van der Waals surface area contributed by atoms with E-state index in [1.807, 2.05) is 24.4 Å². The van der Waals surface area contributed by atoms with E-state index in [2.05, 4.69) is 54.4 Å². The standard InChI is InChI=1S/C18H25ClN4S/c1-5-20-17(22-11-16-21-10-13(2)24-16)23-12-18(3,4)14-7-6-8-15(19)9-14/h6-10H,5,11-12H2,1-4H3,(H2,20,22,23). The molecule has 24 heavy (non-hydrogen) atoms. The SMILES string of the molecule is CCNC(=NCc1ncc(C)s1)NCC(C)(C)c1cccc(Cl)c1. The molecule has 0 saturated heterocycles. The second-order valence-electron chi connectivity index (χ2n) is 6.31. The van der Waals surface area contributed by atoms with Gasteiger partial charge in [-0.05, 0) is 31.5 Å². The highest BCUT2D eigenvalue weighted by Crippen LogP contribution is 2.24. The summed E-state index contributed by atoms with van der Waals surface area (Å²) in [6, 6.07) is 8.02. The molecule has 2 rings (SSSR count). The molecule has 0 radical (unpaired) electrons. The average Bonchev–Trinajstić information content (AvgIpc) is 2.95. The van der Waals surface area contributed by atoms with Crippen LogP contribution in [0, 0.1) is 6.92 Å². The maximum Gasteiger partial charge on any atom is 0.191 e. The van der Waals surface area contributed by atoms with Gasteiger partial charge in [-0.3, -0.25) is 0 Å². The third kappa shape index (κ3) is 5.49. The Bertz CT molecular complexity index is 694. The topological polar surface area (TPSA) is 49.3 Å². The van der Waals surface area contributed by atoms with E-state index < -0.39 is 0 Å².